The molecule has 3 heteroatoms. The Bertz CT molecular complexity index is 211. The molecule has 2 fully saturated rings. The molecule has 0 aromatic carbocycles. The summed E-state index contributed by atoms with van der Waals surface area (Å²) in [5, 5.41) is 8.97. The van der Waals surface area contributed by atoms with Crippen LogP contribution in [0.15, 0.2) is 0 Å². The first kappa shape index (κ1) is 9.97. The van der Waals surface area contributed by atoms with Crippen LogP contribution in [-0.2, 0) is 4.79 Å². The maximum atomic E-state index is 10.9. The van der Waals surface area contributed by atoms with Crippen molar-refractivity contribution in [1.82, 2.24) is 4.90 Å². The lowest BCUT2D eigenvalue weighted by Crippen LogP contribution is -2.43. The van der Waals surface area contributed by atoms with Crippen molar-refractivity contribution in [2.75, 3.05) is 13.1 Å². The van der Waals surface area contributed by atoms with Crippen LogP contribution in [0.1, 0.15) is 38.5 Å². The summed E-state index contributed by atoms with van der Waals surface area (Å²) < 4.78 is 0. The molecule has 0 aromatic heterocycles. The maximum Gasteiger partial charge on any atom is 0.307 e. The van der Waals surface area contributed by atoms with E-state index in [1.807, 2.05) is 0 Å². The van der Waals surface area contributed by atoms with Gasteiger partial charge in [0.15, 0.2) is 0 Å². The van der Waals surface area contributed by atoms with Crippen LogP contribution >= 0.6 is 0 Å². The normalized spacial score (nSPS) is 30.7. The van der Waals surface area contributed by atoms with Crippen molar-refractivity contribution in [3.8, 4) is 0 Å². The van der Waals surface area contributed by atoms with Gasteiger partial charge in [-0.05, 0) is 32.2 Å². The fraction of sp³-hybridized carbons (Fsp3) is 0.909. The Hall–Kier alpha value is -0.570. The Morgan fingerprint density at radius 2 is 1.86 bits per heavy atom. The van der Waals surface area contributed by atoms with Crippen LogP contribution in [0.25, 0.3) is 0 Å². The van der Waals surface area contributed by atoms with Crippen LogP contribution in [0, 0.1) is 5.92 Å². The summed E-state index contributed by atoms with van der Waals surface area (Å²) in [6.45, 7) is 1.91. The second kappa shape index (κ2) is 4.30. The Kier molecular flexibility index (Phi) is 3.06. The van der Waals surface area contributed by atoms with Crippen molar-refractivity contribution >= 4 is 5.97 Å². The van der Waals surface area contributed by atoms with Crippen molar-refractivity contribution in [3.63, 3.8) is 0 Å². The first-order chi connectivity index (χ1) is 6.77. The third-order valence-corrected chi connectivity index (χ3v) is 3.64. The Balaban J connectivity index is 1.89. The van der Waals surface area contributed by atoms with Crippen molar-refractivity contribution in [1.29, 1.82) is 0 Å². The zero-order chi connectivity index (χ0) is 9.97. The molecule has 2 rings (SSSR count). The van der Waals surface area contributed by atoms with Crippen molar-refractivity contribution < 1.29 is 9.90 Å². The van der Waals surface area contributed by atoms with Crippen molar-refractivity contribution in [2.45, 2.75) is 44.6 Å². The molecule has 0 aromatic rings. The fourth-order valence-corrected chi connectivity index (χ4v) is 2.81. The molecular formula is C11H19NO2. The number of carbonyl (C=O) groups is 1. The Labute approximate surface area is 85.1 Å². The van der Waals surface area contributed by atoms with Gasteiger partial charge in [0.1, 0.15) is 0 Å². The van der Waals surface area contributed by atoms with E-state index in [9.17, 15) is 4.79 Å². The molecule has 0 unspecified atom stereocenters. The van der Waals surface area contributed by atoms with E-state index in [2.05, 4.69) is 4.90 Å². The van der Waals surface area contributed by atoms with Crippen LogP contribution < -0.4 is 0 Å². The highest BCUT2D eigenvalue weighted by atomic mass is 16.4. The number of hydrogen-bond acceptors (Lipinski definition) is 2. The molecule has 0 radical (unpaired) electrons. The van der Waals surface area contributed by atoms with Gasteiger partial charge in [0.05, 0.1) is 5.92 Å². The average molecular weight is 197 g/mol. The predicted molar refractivity (Wildman–Crippen MR) is 54.2 cm³/mol. The minimum atomic E-state index is -0.604. The van der Waals surface area contributed by atoms with E-state index in [4.69, 9.17) is 5.11 Å². The fourth-order valence-electron chi connectivity index (χ4n) is 2.81. The lowest BCUT2D eigenvalue weighted by Gasteiger charge is -2.35. The number of hydrogen-bond donors (Lipinski definition) is 1. The van der Waals surface area contributed by atoms with E-state index in [-0.39, 0.29) is 5.92 Å². The quantitative estimate of drug-likeness (QED) is 0.733. The second-order valence-corrected chi connectivity index (χ2v) is 4.61. The van der Waals surface area contributed by atoms with Crippen molar-refractivity contribution in [2.24, 2.45) is 5.92 Å². The summed E-state index contributed by atoms with van der Waals surface area (Å²) in [6.07, 6.45) is 7.17. The third kappa shape index (κ3) is 2.08. The number of carboxylic acids is 1. The van der Waals surface area contributed by atoms with Crippen LogP contribution in [0.2, 0.25) is 0 Å². The van der Waals surface area contributed by atoms with Crippen LogP contribution in [-0.4, -0.2) is 35.1 Å². The molecule has 1 aliphatic heterocycles. The Morgan fingerprint density at radius 3 is 2.50 bits per heavy atom. The number of nitrogens with zero attached hydrogens (tertiary/aromatic N) is 1. The lowest BCUT2D eigenvalue weighted by atomic mass is 9.96. The summed E-state index contributed by atoms with van der Waals surface area (Å²) in [4.78, 5) is 13.3. The van der Waals surface area contributed by atoms with Crippen LogP contribution in [0.3, 0.4) is 0 Å². The molecule has 14 heavy (non-hydrogen) atoms. The topological polar surface area (TPSA) is 40.5 Å². The molecule has 1 N–H and O–H groups in total. The molecule has 0 amide bonds. The van der Waals surface area contributed by atoms with E-state index in [1.54, 1.807) is 0 Å². The number of carboxylic acid groups (broad SMARTS) is 1. The first-order valence-corrected chi connectivity index (χ1v) is 5.74. The van der Waals surface area contributed by atoms with Crippen LogP contribution in [0.5, 0.6) is 0 Å². The molecule has 3 nitrogen and oxygen atoms in total. The summed E-state index contributed by atoms with van der Waals surface area (Å²) in [5.74, 6) is -0.711. The second-order valence-electron chi connectivity index (χ2n) is 4.61. The van der Waals surface area contributed by atoms with Crippen molar-refractivity contribution in [3.05, 3.63) is 0 Å². The van der Waals surface area contributed by atoms with Gasteiger partial charge in [0.2, 0.25) is 0 Å². The van der Waals surface area contributed by atoms with Gasteiger partial charge in [-0.25, -0.2) is 0 Å². The van der Waals surface area contributed by atoms with E-state index in [1.165, 1.54) is 25.7 Å². The minimum absolute atomic E-state index is 0.107. The molecule has 1 saturated carbocycles. The largest absolute Gasteiger partial charge is 0.481 e. The minimum Gasteiger partial charge on any atom is -0.481 e. The molecular weight excluding hydrogens is 178 g/mol. The van der Waals surface area contributed by atoms with Gasteiger partial charge in [0, 0.05) is 12.6 Å². The predicted octanol–water partition coefficient (Wildman–Crippen LogP) is 1.73. The van der Waals surface area contributed by atoms with Gasteiger partial charge in [-0.2, -0.15) is 0 Å². The molecule has 0 bridgehead atoms. The molecule has 80 valence electrons. The van der Waals surface area contributed by atoms with Gasteiger partial charge >= 0.3 is 5.97 Å². The molecule has 0 spiro atoms. The van der Waals surface area contributed by atoms with Gasteiger partial charge < -0.3 is 5.11 Å². The maximum absolute atomic E-state index is 10.9. The van der Waals surface area contributed by atoms with E-state index in [0.29, 0.717) is 6.04 Å². The summed E-state index contributed by atoms with van der Waals surface area (Å²) >= 11 is 0. The first-order valence-electron chi connectivity index (χ1n) is 5.74. The Morgan fingerprint density at radius 1 is 1.14 bits per heavy atom. The summed E-state index contributed by atoms with van der Waals surface area (Å²) in [5.41, 5.74) is 0. The summed E-state index contributed by atoms with van der Waals surface area (Å²) in [7, 11) is 0. The molecule has 1 heterocycles. The summed E-state index contributed by atoms with van der Waals surface area (Å²) in [6, 6.07) is 0.692. The number of rotatable bonds is 2. The molecule has 2 aliphatic rings. The van der Waals surface area contributed by atoms with Gasteiger partial charge in [0.25, 0.3) is 0 Å². The zero-order valence-corrected chi connectivity index (χ0v) is 8.61. The molecule has 1 aliphatic carbocycles. The number of likely N-dealkylation sites (tertiary alicyclic amines) is 1. The lowest BCUT2D eigenvalue weighted by molar-refractivity contribution is -0.143. The number of aliphatic carboxylic acids is 1. The monoisotopic (exact) mass is 197 g/mol. The van der Waals surface area contributed by atoms with E-state index >= 15 is 0 Å². The third-order valence-electron chi connectivity index (χ3n) is 3.64. The molecule has 1 atom stereocenters. The smallest absolute Gasteiger partial charge is 0.307 e. The SMILES string of the molecule is O=C(O)[C@@H]1CCCN(C2CCCC2)C1. The highest BCUT2D eigenvalue weighted by Crippen LogP contribution is 2.27. The van der Waals surface area contributed by atoms with E-state index in [0.717, 1.165) is 25.9 Å². The van der Waals surface area contributed by atoms with Gasteiger partial charge in [-0.1, -0.05) is 12.8 Å². The van der Waals surface area contributed by atoms with Gasteiger partial charge in [-0.15, -0.1) is 0 Å². The number of piperidine rings is 1. The molecule has 1 saturated heterocycles. The highest BCUT2D eigenvalue weighted by Gasteiger charge is 2.30. The van der Waals surface area contributed by atoms with Gasteiger partial charge in [-0.3, -0.25) is 9.69 Å². The average Bonchev–Trinajstić information content (AvgIpc) is 2.71. The standard InChI is InChI=1S/C11H19NO2/c13-11(14)9-4-3-7-12(8-9)10-5-1-2-6-10/h9-10H,1-8H2,(H,13,14)/t9-/m1/s1. The zero-order valence-electron chi connectivity index (χ0n) is 8.61. The highest BCUT2D eigenvalue weighted by molar-refractivity contribution is 5.70. The van der Waals surface area contributed by atoms with E-state index < -0.39 is 5.97 Å². The van der Waals surface area contributed by atoms with Crippen LogP contribution in [0.4, 0.5) is 0 Å².